The van der Waals surface area contributed by atoms with Crippen LogP contribution in [0.15, 0.2) is 6.20 Å². The van der Waals surface area contributed by atoms with Crippen molar-refractivity contribution in [2.75, 3.05) is 11.9 Å². The molecule has 0 saturated heterocycles. The maximum atomic E-state index is 12.5. The number of fused-ring (bicyclic) bond motifs is 1. The lowest BCUT2D eigenvalue weighted by atomic mass is 9.95. The molecule has 0 unspecified atom stereocenters. The zero-order chi connectivity index (χ0) is 19.4. The van der Waals surface area contributed by atoms with Gasteiger partial charge in [-0.2, -0.15) is 5.10 Å². The van der Waals surface area contributed by atoms with Crippen molar-refractivity contribution >= 4 is 39.6 Å². The average molecular weight is 407 g/mol. The molecule has 0 bridgehead atoms. The van der Waals surface area contributed by atoms with E-state index in [0.717, 1.165) is 47.6 Å². The zero-order valence-corrected chi connectivity index (χ0v) is 17.7. The van der Waals surface area contributed by atoms with E-state index in [2.05, 4.69) is 29.6 Å². The molecule has 2 heterocycles. The molecule has 0 fully saturated rings. The quantitative estimate of drug-likeness (QED) is 0.562. The third-order valence-electron chi connectivity index (χ3n) is 4.82. The molecule has 0 spiro atoms. The number of thiophene rings is 1. The van der Waals surface area contributed by atoms with Gasteiger partial charge in [-0.15, -0.1) is 11.3 Å². The predicted octanol–water partition coefficient (Wildman–Crippen LogP) is 3.82. The Labute approximate surface area is 169 Å². The van der Waals surface area contributed by atoms with E-state index in [9.17, 15) is 4.79 Å². The van der Waals surface area contributed by atoms with Crippen LogP contribution in [-0.4, -0.2) is 27.5 Å². The van der Waals surface area contributed by atoms with E-state index < -0.39 is 0 Å². The van der Waals surface area contributed by atoms with Crippen LogP contribution in [0.4, 0.5) is 5.00 Å². The van der Waals surface area contributed by atoms with Gasteiger partial charge in [0, 0.05) is 29.2 Å². The highest BCUT2D eigenvalue weighted by Gasteiger charge is 2.26. The van der Waals surface area contributed by atoms with E-state index in [1.807, 2.05) is 17.8 Å². The fraction of sp³-hybridized carbons (Fsp3) is 0.526. The van der Waals surface area contributed by atoms with Crippen molar-refractivity contribution in [1.29, 1.82) is 0 Å². The monoisotopic (exact) mass is 406 g/mol. The van der Waals surface area contributed by atoms with Gasteiger partial charge in [-0.1, -0.05) is 0 Å². The van der Waals surface area contributed by atoms with Gasteiger partial charge in [-0.3, -0.25) is 4.68 Å². The fourth-order valence-electron chi connectivity index (χ4n) is 3.37. The van der Waals surface area contributed by atoms with Crippen LogP contribution in [0.1, 0.15) is 58.7 Å². The molecule has 0 amide bonds. The van der Waals surface area contributed by atoms with Gasteiger partial charge in [0.25, 0.3) is 0 Å². The molecule has 0 atom stereocenters. The number of nitrogens with one attached hydrogen (secondary N) is 2. The Hall–Kier alpha value is -1.93. The first-order valence-corrected chi connectivity index (χ1v) is 10.6. The third kappa shape index (κ3) is 4.32. The molecule has 0 aliphatic heterocycles. The number of thiocarbonyl (C=S) groups is 1. The number of aryl methyl sites for hydroxylation is 2. The van der Waals surface area contributed by atoms with E-state index >= 15 is 0 Å². The highest BCUT2D eigenvalue weighted by atomic mass is 32.1. The van der Waals surface area contributed by atoms with Crippen molar-refractivity contribution in [1.82, 2.24) is 15.1 Å². The van der Waals surface area contributed by atoms with Crippen molar-refractivity contribution < 1.29 is 9.53 Å². The zero-order valence-electron chi connectivity index (χ0n) is 16.1. The summed E-state index contributed by atoms with van der Waals surface area (Å²) >= 11 is 7.09. The lowest BCUT2D eigenvalue weighted by molar-refractivity contribution is 0.0526. The fourth-order valence-corrected chi connectivity index (χ4v) is 4.89. The van der Waals surface area contributed by atoms with Gasteiger partial charge in [0.15, 0.2) is 5.11 Å². The normalized spacial score (nSPS) is 13.1. The summed E-state index contributed by atoms with van der Waals surface area (Å²) in [7, 11) is 0. The number of hydrogen-bond acceptors (Lipinski definition) is 5. The van der Waals surface area contributed by atoms with Gasteiger partial charge in [0.1, 0.15) is 5.00 Å². The molecule has 6 nitrogen and oxygen atoms in total. The Morgan fingerprint density at radius 1 is 1.37 bits per heavy atom. The Morgan fingerprint density at radius 3 is 2.85 bits per heavy atom. The largest absolute Gasteiger partial charge is 0.462 e. The number of hydrogen-bond donors (Lipinski definition) is 2. The summed E-state index contributed by atoms with van der Waals surface area (Å²) in [4.78, 5) is 13.8. The van der Waals surface area contributed by atoms with Crippen LogP contribution in [0.25, 0.3) is 0 Å². The van der Waals surface area contributed by atoms with Gasteiger partial charge in [-0.25, -0.2) is 4.79 Å². The van der Waals surface area contributed by atoms with Gasteiger partial charge >= 0.3 is 5.97 Å². The SMILES string of the molecule is CCOC(=O)c1c(NC(=S)NCc2cnn(CC)c2C)sc2c1CCCC2. The molecule has 2 aromatic rings. The van der Waals surface area contributed by atoms with E-state index in [4.69, 9.17) is 17.0 Å². The summed E-state index contributed by atoms with van der Waals surface area (Å²) in [6.07, 6.45) is 6.08. The minimum absolute atomic E-state index is 0.262. The highest BCUT2D eigenvalue weighted by Crippen LogP contribution is 2.38. The summed E-state index contributed by atoms with van der Waals surface area (Å²) in [6, 6.07) is 0. The Bertz CT molecular complexity index is 841. The van der Waals surface area contributed by atoms with Crippen LogP contribution in [-0.2, 0) is 30.7 Å². The number of esters is 1. The minimum Gasteiger partial charge on any atom is -0.462 e. The van der Waals surface area contributed by atoms with Crippen LogP contribution in [0, 0.1) is 6.92 Å². The summed E-state index contributed by atoms with van der Waals surface area (Å²) in [5.41, 5.74) is 4.04. The molecule has 27 heavy (non-hydrogen) atoms. The van der Waals surface area contributed by atoms with Gasteiger partial charge in [0.2, 0.25) is 0 Å². The first-order chi connectivity index (χ1) is 13.0. The van der Waals surface area contributed by atoms with Crippen molar-refractivity contribution in [3.63, 3.8) is 0 Å². The van der Waals surface area contributed by atoms with Crippen molar-refractivity contribution in [2.45, 2.75) is 59.5 Å². The summed E-state index contributed by atoms with van der Waals surface area (Å²) < 4.78 is 7.25. The second kappa shape index (κ2) is 8.84. The van der Waals surface area contributed by atoms with Gasteiger partial charge in [-0.05, 0) is 64.2 Å². The van der Waals surface area contributed by atoms with Crippen LogP contribution >= 0.6 is 23.6 Å². The number of aromatic nitrogens is 2. The lowest BCUT2D eigenvalue weighted by Gasteiger charge is -2.13. The summed E-state index contributed by atoms with van der Waals surface area (Å²) in [5.74, 6) is -0.262. The molecule has 8 heteroatoms. The molecule has 0 saturated carbocycles. The maximum Gasteiger partial charge on any atom is 0.341 e. The predicted molar refractivity (Wildman–Crippen MR) is 113 cm³/mol. The highest BCUT2D eigenvalue weighted by molar-refractivity contribution is 7.80. The molecule has 2 aromatic heterocycles. The smallest absolute Gasteiger partial charge is 0.341 e. The van der Waals surface area contributed by atoms with Gasteiger partial charge < -0.3 is 15.4 Å². The Morgan fingerprint density at radius 2 is 2.15 bits per heavy atom. The van der Waals surface area contributed by atoms with Crippen molar-refractivity contribution in [3.8, 4) is 0 Å². The molecular formula is C19H26N4O2S2. The number of carbonyl (C=O) groups is 1. The minimum atomic E-state index is -0.262. The maximum absolute atomic E-state index is 12.5. The molecule has 0 radical (unpaired) electrons. The third-order valence-corrected chi connectivity index (χ3v) is 6.28. The first-order valence-electron chi connectivity index (χ1n) is 9.42. The average Bonchev–Trinajstić information content (AvgIpc) is 3.19. The topological polar surface area (TPSA) is 68.2 Å². The van der Waals surface area contributed by atoms with E-state index in [-0.39, 0.29) is 5.97 Å². The molecule has 3 rings (SSSR count). The molecular weight excluding hydrogens is 380 g/mol. The molecule has 0 aromatic carbocycles. The number of anilines is 1. The Balaban J connectivity index is 1.72. The first kappa shape index (κ1) is 19.8. The Kier molecular flexibility index (Phi) is 6.49. The van der Waals surface area contributed by atoms with Crippen molar-refractivity contribution in [2.24, 2.45) is 0 Å². The number of rotatable bonds is 6. The molecule has 146 valence electrons. The summed E-state index contributed by atoms with van der Waals surface area (Å²) in [6.45, 7) is 7.76. The summed E-state index contributed by atoms with van der Waals surface area (Å²) in [5, 5.41) is 12.1. The van der Waals surface area contributed by atoms with E-state index in [1.54, 1.807) is 11.3 Å². The number of carbonyl (C=O) groups excluding carboxylic acids is 1. The van der Waals surface area contributed by atoms with E-state index in [0.29, 0.717) is 23.8 Å². The number of ether oxygens (including phenoxy) is 1. The second-order valence-electron chi connectivity index (χ2n) is 6.51. The van der Waals surface area contributed by atoms with Crippen LogP contribution in [0.2, 0.25) is 0 Å². The lowest BCUT2D eigenvalue weighted by Crippen LogP contribution is -2.28. The molecule has 2 N–H and O–H groups in total. The van der Waals surface area contributed by atoms with Crippen LogP contribution in [0.5, 0.6) is 0 Å². The second-order valence-corrected chi connectivity index (χ2v) is 8.03. The van der Waals surface area contributed by atoms with E-state index in [1.165, 1.54) is 11.3 Å². The van der Waals surface area contributed by atoms with Crippen LogP contribution in [0.3, 0.4) is 0 Å². The van der Waals surface area contributed by atoms with Crippen LogP contribution < -0.4 is 10.6 Å². The molecule has 1 aliphatic carbocycles. The van der Waals surface area contributed by atoms with Crippen molar-refractivity contribution in [3.05, 3.63) is 33.5 Å². The molecule has 1 aliphatic rings. The standard InChI is InChI=1S/C19H26N4O2S2/c1-4-23-12(3)13(11-21-23)10-20-19(26)22-17-16(18(24)25-5-2)14-8-6-7-9-15(14)27-17/h11H,4-10H2,1-3H3,(H2,20,22,26). The number of nitrogens with zero attached hydrogens (tertiary/aromatic N) is 2. The van der Waals surface area contributed by atoms with Gasteiger partial charge in [0.05, 0.1) is 18.4 Å².